The molecule has 9 heteroatoms. The first-order valence-corrected chi connectivity index (χ1v) is 8.86. The zero-order valence-electron chi connectivity index (χ0n) is 14.6. The summed E-state index contributed by atoms with van der Waals surface area (Å²) in [5, 5.41) is 4.49. The molecule has 0 aliphatic carbocycles. The Labute approximate surface area is 162 Å². The van der Waals surface area contributed by atoms with Crippen LogP contribution in [0.4, 0.5) is 13.9 Å². The van der Waals surface area contributed by atoms with Gasteiger partial charge in [-0.05, 0) is 42.5 Å². The van der Waals surface area contributed by atoms with Gasteiger partial charge in [0.05, 0.1) is 18.4 Å². The van der Waals surface area contributed by atoms with Gasteiger partial charge in [0, 0.05) is 10.9 Å². The maximum atomic E-state index is 13.3. The van der Waals surface area contributed by atoms with Crippen LogP contribution >= 0.6 is 11.3 Å². The first-order chi connectivity index (χ1) is 13.5. The fourth-order valence-electron chi connectivity index (χ4n) is 2.23. The minimum absolute atomic E-state index is 0.266. The van der Waals surface area contributed by atoms with Gasteiger partial charge in [-0.1, -0.05) is 0 Å². The Hall–Kier alpha value is -3.33. The number of hydrogen-bond donors (Lipinski definition) is 1. The Kier molecular flexibility index (Phi) is 5.95. The summed E-state index contributed by atoms with van der Waals surface area (Å²) in [4.78, 5) is 27.5. The third-order valence-corrected chi connectivity index (χ3v) is 4.37. The number of nitrogens with zero attached hydrogens (tertiary/aromatic N) is 1. The molecule has 28 heavy (non-hydrogen) atoms. The van der Waals surface area contributed by atoms with E-state index in [0.29, 0.717) is 27.7 Å². The van der Waals surface area contributed by atoms with Crippen molar-refractivity contribution in [3.05, 3.63) is 65.0 Å². The van der Waals surface area contributed by atoms with Crippen molar-refractivity contribution in [2.24, 2.45) is 0 Å². The number of aromatic nitrogens is 1. The molecular formula is C19H14F2N2O4S. The second kappa shape index (κ2) is 8.57. The fourth-order valence-corrected chi connectivity index (χ4v) is 2.96. The Morgan fingerprint density at radius 1 is 1.11 bits per heavy atom. The van der Waals surface area contributed by atoms with Gasteiger partial charge in [-0.3, -0.25) is 10.1 Å². The van der Waals surface area contributed by atoms with Crippen molar-refractivity contribution in [2.75, 3.05) is 19.0 Å². The summed E-state index contributed by atoms with van der Waals surface area (Å²) < 4.78 is 36.3. The number of benzene rings is 2. The smallest absolute Gasteiger partial charge is 0.337 e. The van der Waals surface area contributed by atoms with Gasteiger partial charge in [0.2, 0.25) is 0 Å². The molecule has 0 spiro atoms. The fraction of sp³-hybridized carbons (Fsp3) is 0.105. The van der Waals surface area contributed by atoms with Gasteiger partial charge in [0.15, 0.2) is 23.4 Å². The van der Waals surface area contributed by atoms with Crippen LogP contribution in [0.2, 0.25) is 0 Å². The Balaban J connectivity index is 1.56. The summed E-state index contributed by atoms with van der Waals surface area (Å²) in [6, 6.07) is 9.59. The SMILES string of the molecule is COC(=O)c1ccc(OCC(=O)Nc2nc(-c3ccc(F)c(F)c3)cs2)cc1. The number of methoxy groups -OCH3 is 1. The van der Waals surface area contributed by atoms with Crippen molar-refractivity contribution >= 4 is 28.3 Å². The number of nitrogens with one attached hydrogen (secondary N) is 1. The van der Waals surface area contributed by atoms with E-state index in [4.69, 9.17) is 4.74 Å². The predicted molar refractivity (Wildman–Crippen MR) is 99.4 cm³/mol. The number of anilines is 1. The molecular weight excluding hydrogens is 390 g/mol. The molecule has 0 aliphatic rings. The molecule has 1 N–H and O–H groups in total. The van der Waals surface area contributed by atoms with E-state index >= 15 is 0 Å². The molecule has 1 heterocycles. The maximum absolute atomic E-state index is 13.3. The van der Waals surface area contributed by atoms with Crippen LogP contribution in [0.5, 0.6) is 5.75 Å². The van der Waals surface area contributed by atoms with E-state index in [2.05, 4.69) is 15.0 Å². The first kappa shape index (κ1) is 19.4. The summed E-state index contributed by atoms with van der Waals surface area (Å²) in [5.74, 6) is -2.41. The number of carbonyl (C=O) groups is 2. The normalized spacial score (nSPS) is 10.4. The molecule has 0 unspecified atom stereocenters. The van der Waals surface area contributed by atoms with Gasteiger partial charge in [-0.25, -0.2) is 18.6 Å². The Morgan fingerprint density at radius 2 is 1.86 bits per heavy atom. The van der Waals surface area contributed by atoms with Crippen LogP contribution in [0, 0.1) is 11.6 Å². The lowest BCUT2D eigenvalue weighted by molar-refractivity contribution is -0.118. The van der Waals surface area contributed by atoms with Gasteiger partial charge in [-0.2, -0.15) is 0 Å². The molecule has 0 radical (unpaired) electrons. The Bertz CT molecular complexity index is 1010. The molecule has 2 aromatic carbocycles. The molecule has 144 valence electrons. The average molecular weight is 404 g/mol. The van der Waals surface area contributed by atoms with Crippen molar-refractivity contribution in [3.63, 3.8) is 0 Å². The average Bonchev–Trinajstić information content (AvgIpc) is 3.16. The second-order valence-electron chi connectivity index (χ2n) is 5.52. The number of ether oxygens (including phenoxy) is 2. The van der Waals surface area contributed by atoms with Crippen molar-refractivity contribution in [3.8, 4) is 17.0 Å². The number of halogens is 2. The number of esters is 1. The van der Waals surface area contributed by atoms with E-state index in [9.17, 15) is 18.4 Å². The number of hydrogen-bond acceptors (Lipinski definition) is 6. The molecule has 1 aromatic heterocycles. The lowest BCUT2D eigenvalue weighted by Gasteiger charge is -2.06. The minimum atomic E-state index is -0.970. The third-order valence-electron chi connectivity index (χ3n) is 3.61. The molecule has 3 aromatic rings. The highest BCUT2D eigenvalue weighted by atomic mass is 32.1. The van der Waals surface area contributed by atoms with Crippen LogP contribution in [0.1, 0.15) is 10.4 Å². The Morgan fingerprint density at radius 3 is 2.54 bits per heavy atom. The molecule has 6 nitrogen and oxygen atoms in total. The maximum Gasteiger partial charge on any atom is 0.337 e. The lowest BCUT2D eigenvalue weighted by atomic mass is 10.2. The van der Waals surface area contributed by atoms with Gasteiger partial charge in [0.1, 0.15) is 5.75 Å². The summed E-state index contributed by atoms with van der Waals surface area (Å²) >= 11 is 1.15. The first-order valence-electron chi connectivity index (χ1n) is 7.98. The number of amides is 1. The largest absolute Gasteiger partial charge is 0.484 e. The van der Waals surface area contributed by atoms with E-state index in [1.165, 1.54) is 25.3 Å². The lowest BCUT2D eigenvalue weighted by Crippen LogP contribution is -2.20. The summed E-state index contributed by atoms with van der Waals surface area (Å²) in [6.07, 6.45) is 0. The van der Waals surface area contributed by atoms with Crippen LogP contribution in [0.15, 0.2) is 47.8 Å². The van der Waals surface area contributed by atoms with E-state index in [-0.39, 0.29) is 6.61 Å². The van der Waals surface area contributed by atoms with Gasteiger partial charge < -0.3 is 9.47 Å². The number of carbonyl (C=O) groups excluding carboxylic acids is 2. The molecule has 0 bridgehead atoms. The molecule has 0 saturated carbocycles. The van der Waals surface area contributed by atoms with Crippen LogP contribution in [-0.4, -0.2) is 30.6 Å². The highest BCUT2D eigenvalue weighted by Gasteiger charge is 2.11. The summed E-state index contributed by atoms with van der Waals surface area (Å²) in [5.41, 5.74) is 1.18. The zero-order chi connectivity index (χ0) is 20.1. The highest BCUT2D eigenvalue weighted by molar-refractivity contribution is 7.14. The van der Waals surface area contributed by atoms with E-state index in [0.717, 1.165) is 23.5 Å². The molecule has 0 atom stereocenters. The van der Waals surface area contributed by atoms with E-state index in [1.807, 2.05) is 0 Å². The molecule has 3 rings (SSSR count). The van der Waals surface area contributed by atoms with Crippen LogP contribution in [-0.2, 0) is 9.53 Å². The van der Waals surface area contributed by atoms with E-state index in [1.54, 1.807) is 17.5 Å². The van der Waals surface area contributed by atoms with Gasteiger partial charge in [-0.15, -0.1) is 11.3 Å². The minimum Gasteiger partial charge on any atom is -0.484 e. The number of rotatable bonds is 6. The quantitative estimate of drug-likeness (QED) is 0.631. The predicted octanol–water partition coefficient (Wildman–Crippen LogP) is 3.89. The van der Waals surface area contributed by atoms with Crippen molar-refractivity contribution in [1.82, 2.24) is 4.98 Å². The summed E-state index contributed by atoms with van der Waals surface area (Å²) in [7, 11) is 1.29. The van der Waals surface area contributed by atoms with Gasteiger partial charge >= 0.3 is 5.97 Å². The topological polar surface area (TPSA) is 77.5 Å². The van der Waals surface area contributed by atoms with Crippen LogP contribution in [0.25, 0.3) is 11.3 Å². The second-order valence-corrected chi connectivity index (χ2v) is 6.38. The summed E-state index contributed by atoms with van der Waals surface area (Å²) in [6.45, 7) is -0.266. The van der Waals surface area contributed by atoms with Gasteiger partial charge in [0.25, 0.3) is 5.91 Å². The van der Waals surface area contributed by atoms with Crippen molar-refractivity contribution in [1.29, 1.82) is 0 Å². The van der Waals surface area contributed by atoms with Crippen molar-refractivity contribution < 1.29 is 27.8 Å². The van der Waals surface area contributed by atoms with Crippen LogP contribution < -0.4 is 10.1 Å². The standard InChI is InChI=1S/C19H14F2N2O4S/c1-26-18(25)11-2-5-13(6-3-11)27-9-17(24)23-19-22-16(10-28-19)12-4-7-14(20)15(21)8-12/h2-8,10H,9H2,1H3,(H,22,23,24). The molecule has 1 amide bonds. The molecule has 0 saturated heterocycles. The molecule has 0 fully saturated rings. The zero-order valence-corrected chi connectivity index (χ0v) is 15.4. The number of thiazole rings is 1. The third kappa shape index (κ3) is 4.68. The molecule has 0 aliphatic heterocycles. The highest BCUT2D eigenvalue weighted by Crippen LogP contribution is 2.26. The van der Waals surface area contributed by atoms with Crippen LogP contribution in [0.3, 0.4) is 0 Å². The van der Waals surface area contributed by atoms with Crippen molar-refractivity contribution in [2.45, 2.75) is 0 Å². The van der Waals surface area contributed by atoms with E-state index < -0.39 is 23.5 Å². The monoisotopic (exact) mass is 404 g/mol.